The highest BCUT2D eigenvalue weighted by Crippen LogP contribution is 2.21. The smallest absolute Gasteiger partial charge is 0.279 e. The molecule has 0 bridgehead atoms. The standard InChI is InChI=1S/C12H13NO3S2/c14-12(13-8-10-4-2-1-3-5-10)17-11-6-7-18(15,16)9-11/h1-7,11H,8-9H2,(H,13,14). The summed E-state index contributed by atoms with van der Waals surface area (Å²) in [6.45, 7) is 0.454. The van der Waals surface area contributed by atoms with Gasteiger partial charge in [0.15, 0.2) is 9.84 Å². The van der Waals surface area contributed by atoms with Gasteiger partial charge in [-0.1, -0.05) is 48.2 Å². The van der Waals surface area contributed by atoms with E-state index in [2.05, 4.69) is 5.32 Å². The van der Waals surface area contributed by atoms with Crippen LogP contribution in [0.15, 0.2) is 41.8 Å². The third kappa shape index (κ3) is 3.89. The number of benzene rings is 1. The zero-order valence-corrected chi connectivity index (χ0v) is 11.2. The summed E-state index contributed by atoms with van der Waals surface area (Å²) in [4.78, 5) is 11.6. The maximum atomic E-state index is 11.6. The van der Waals surface area contributed by atoms with Crippen molar-refractivity contribution in [2.45, 2.75) is 11.8 Å². The zero-order valence-electron chi connectivity index (χ0n) is 9.57. The molecule has 1 unspecified atom stereocenters. The molecule has 1 aliphatic heterocycles. The molecule has 0 saturated carbocycles. The number of hydrogen-bond donors (Lipinski definition) is 1. The van der Waals surface area contributed by atoms with Crippen LogP contribution in [0.2, 0.25) is 0 Å². The number of amides is 1. The molecule has 18 heavy (non-hydrogen) atoms. The number of sulfone groups is 1. The summed E-state index contributed by atoms with van der Waals surface area (Å²) >= 11 is 1.01. The van der Waals surface area contributed by atoms with E-state index in [4.69, 9.17) is 0 Å². The molecule has 0 spiro atoms. The van der Waals surface area contributed by atoms with Crippen LogP contribution in [-0.2, 0) is 16.4 Å². The fourth-order valence-corrected chi connectivity index (χ4v) is 4.21. The number of thioether (sulfide) groups is 1. The first kappa shape index (κ1) is 13.2. The molecule has 96 valence electrons. The lowest BCUT2D eigenvalue weighted by molar-refractivity contribution is 0.260. The minimum Gasteiger partial charge on any atom is -0.343 e. The number of hydrogen-bond acceptors (Lipinski definition) is 4. The Bertz CT molecular complexity index is 552. The first-order chi connectivity index (χ1) is 8.55. The van der Waals surface area contributed by atoms with Crippen molar-refractivity contribution in [1.82, 2.24) is 5.32 Å². The van der Waals surface area contributed by atoms with Gasteiger partial charge in [-0.25, -0.2) is 8.42 Å². The number of carbonyl (C=O) groups excluding carboxylic acids is 1. The lowest BCUT2D eigenvalue weighted by Gasteiger charge is -2.07. The molecule has 1 amide bonds. The molecule has 1 heterocycles. The lowest BCUT2D eigenvalue weighted by Crippen LogP contribution is -2.21. The maximum absolute atomic E-state index is 11.6. The van der Waals surface area contributed by atoms with Gasteiger partial charge in [-0.3, -0.25) is 4.79 Å². The Labute approximate surface area is 110 Å². The highest BCUT2D eigenvalue weighted by molar-refractivity contribution is 8.15. The Morgan fingerprint density at radius 3 is 2.67 bits per heavy atom. The minimum absolute atomic E-state index is 0.0103. The van der Waals surface area contributed by atoms with E-state index < -0.39 is 9.84 Å². The molecule has 6 heteroatoms. The monoisotopic (exact) mass is 283 g/mol. The van der Waals surface area contributed by atoms with Crippen LogP contribution < -0.4 is 5.32 Å². The molecule has 0 aromatic heterocycles. The van der Waals surface area contributed by atoms with E-state index in [1.54, 1.807) is 6.08 Å². The molecule has 1 aromatic rings. The Morgan fingerprint density at radius 2 is 2.06 bits per heavy atom. The molecule has 1 N–H and O–H groups in total. The quantitative estimate of drug-likeness (QED) is 0.921. The average molecular weight is 283 g/mol. The number of nitrogens with one attached hydrogen (secondary N) is 1. The Kier molecular flexibility index (Phi) is 4.08. The SMILES string of the molecule is O=C(NCc1ccccc1)SC1C=CS(=O)(=O)C1. The van der Waals surface area contributed by atoms with Gasteiger partial charge in [0.05, 0.1) is 5.75 Å². The van der Waals surface area contributed by atoms with Crippen LogP contribution in [0.4, 0.5) is 4.79 Å². The molecule has 1 aliphatic rings. The van der Waals surface area contributed by atoms with Crippen molar-refractivity contribution in [3.05, 3.63) is 47.4 Å². The van der Waals surface area contributed by atoms with Crippen LogP contribution in [0.25, 0.3) is 0 Å². The van der Waals surface area contributed by atoms with Gasteiger partial charge in [-0.2, -0.15) is 0 Å². The van der Waals surface area contributed by atoms with E-state index in [1.165, 1.54) is 5.41 Å². The molecule has 0 fully saturated rings. The Morgan fingerprint density at radius 1 is 1.33 bits per heavy atom. The van der Waals surface area contributed by atoms with Crippen LogP contribution in [0.3, 0.4) is 0 Å². The van der Waals surface area contributed by atoms with Gasteiger partial charge in [0.25, 0.3) is 5.24 Å². The van der Waals surface area contributed by atoms with Crippen molar-refractivity contribution in [2.24, 2.45) is 0 Å². The molecule has 0 aliphatic carbocycles. The highest BCUT2D eigenvalue weighted by atomic mass is 32.2. The third-order valence-electron chi connectivity index (χ3n) is 2.44. The fourth-order valence-electron chi connectivity index (χ4n) is 1.57. The molecule has 4 nitrogen and oxygen atoms in total. The molecule has 0 saturated heterocycles. The second-order valence-electron chi connectivity index (χ2n) is 3.94. The van der Waals surface area contributed by atoms with Crippen LogP contribution in [0.1, 0.15) is 5.56 Å². The molecular weight excluding hydrogens is 270 g/mol. The second-order valence-corrected chi connectivity index (χ2v) is 7.08. The van der Waals surface area contributed by atoms with Crippen LogP contribution in [0.5, 0.6) is 0 Å². The van der Waals surface area contributed by atoms with Crippen LogP contribution in [0, 0.1) is 0 Å². The highest BCUT2D eigenvalue weighted by Gasteiger charge is 2.24. The average Bonchev–Trinajstić information content (AvgIpc) is 2.67. The largest absolute Gasteiger partial charge is 0.343 e. The topological polar surface area (TPSA) is 63.2 Å². The van der Waals surface area contributed by atoms with Crippen molar-refractivity contribution in [2.75, 3.05) is 5.75 Å². The van der Waals surface area contributed by atoms with Gasteiger partial charge in [0.1, 0.15) is 0 Å². The van der Waals surface area contributed by atoms with Crippen molar-refractivity contribution in [3.63, 3.8) is 0 Å². The van der Waals surface area contributed by atoms with E-state index in [0.717, 1.165) is 17.3 Å². The van der Waals surface area contributed by atoms with Crippen LogP contribution >= 0.6 is 11.8 Å². The first-order valence-electron chi connectivity index (χ1n) is 5.44. The number of rotatable bonds is 3. The zero-order chi connectivity index (χ0) is 13.0. The van der Waals surface area contributed by atoms with Gasteiger partial charge < -0.3 is 5.32 Å². The molecular formula is C12H13NO3S2. The van der Waals surface area contributed by atoms with Crippen molar-refractivity contribution in [3.8, 4) is 0 Å². The maximum Gasteiger partial charge on any atom is 0.279 e. The normalized spacial score (nSPS) is 20.8. The molecule has 1 aromatic carbocycles. The summed E-state index contributed by atoms with van der Waals surface area (Å²) in [5.74, 6) is 0.0103. The summed E-state index contributed by atoms with van der Waals surface area (Å²) < 4.78 is 22.3. The fraction of sp³-hybridized carbons (Fsp3) is 0.250. The lowest BCUT2D eigenvalue weighted by atomic mass is 10.2. The van der Waals surface area contributed by atoms with E-state index >= 15 is 0 Å². The third-order valence-corrected chi connectivity index (χ3v) is 5.03. The van der Waals surface area contributed by atoms with Gasteiger partial charge in [0.2, 0.25) is 0 Å². The van der Waals surface area contributed by atoms with E-state index in [-0.39, 0.29) is 16.2 Å². The summed E-state index contributed by atoms with van der Waals surface area (Å²) in [5.41, 5.74) is 1.01. The first-order valence-corrected chi connectivity index (χ1v) is 8.04. The van der Waals surface area contributed by atoms with Crippen LogP contribution in [-0.4, -0.2) is 24.7 Å². The molecule has 0 radical (unpaired) electrons. The van der Waals surface area contributed by atoms with Crippen molar-refractivity contribution < 1.29 is 13.2 Å². The summed E-state index contributed by atoms with van der Waals surface area (Å²) in [5, 5.41) is 3.45. The Hall–Kier alpha value is -1.27. The predicted molar refractivity (Wildman–Crippen MR) is 73.0 cm³/mol. The Balaban J connectivity index is 1.79. The van der Waals surface area contributed by atoms with Gasteiger partial charge in [0, 0.05) is 17.2 Å². The van der Waals surface area contributed by atoms with Crippen molar-refractivity contribution in [1.29, 1.82) is 0 Å². The van der Waals surface area contributed by atoms with E-state index in [9.17, 15) is 13.2 Å². The van der Waals surface area contributed by atoms with Gasteiger partial charge >= 0.3 is 0 Å². The summed E-state index contributed by atoms with van der Waals surface area (Å²) in [6.07, 6.45) is 1.56. The summed E-state index contributed by atoms with van der Waals surface area (Å²) in [7, 11) is -3.09. The van der Waals surface area contributed by atoms with Gasteiger partial charge in [-0.15, -0.1) is 0 Å². The molecule has 1 atom stereocenters. The van der Waals surface area contributed by atoms with E-state index in [0.29, 0.717) is 6.54 Å². The summed E-state index contributed by atoms with van der Waals surface area (Å²) in [6, 6.07) is 9.56. The van der Waals surface area contributed by atoms with Crippen molar-refractivity contribution >= 4 is 26.8 Å². The predicted octanol–water partition coefficient (Wildman–Crippen LogP) is 1.94. The van der Waals surface area contributed by atoms with E-state index in [1.807, 2.05) is 30.3 Å². The second kappa shape index (κ2) is 5.58. The molecule has 2 rings (SSSR count). The van der Waals surface area contributed by atoms with Gasteiger partial charge in [-0.05, 0) is 5.56 Å². The minimum atomic E-state index is -3.09. The number of carbonyl (C=O) groups is 1.